The van der Waals surface area contributed by atoms with Gasteiger partial charge in [-0.15, -0.1) is 12.4 Å². The molecule has 0 bridgehead atoms. The van der Waals surface area contributed by atoms with Gasteiger partial charge in [-0.1, -0.05) is 13.0 Å². The Kier molecular flexibility index (Phi) is 4.92. The molecule has 1 aliphatic carbocycles. The maximum Gasteiger partial charge on any atom is 0.162 e. The third kappa shape index (κ3) is 2.66. The molecule has 0 aliphatic heterocycles. The van der Waals surface area contributed by atoms with E-state index in [1.807, 2.05) is 13.0 Å². The van der Waals surface area contributed by atoms with E-state index in [4.69, 9.17) is 0 Å². The van der Waals surface area contributed by atoms with Crippen LogP contribution in [-0.2, 0) is 4.79 Å². The third-order valence-electron chi connectivity index (χ3n) is 2.08. The number of ketones is 1. The lowest BCUT2D eigenvalue weighted by molar-refractivity contribution is -0.113. The number of allylic oxidation sites excluding steroid dienone is 4. The predicted octanol–water partition coefficient (Wildman–Crippen LogP) is 3.35. The number of hydrogen-bond donors (Lipinski definition) is 0. The molecule has 0 heterocycles. The molecule has 0 aromatic heterocycles. The van der Waals surface area contributed by atoms with E-state index >= 15 is 0 Å². The van der Waals surface area contributed by atoms with Crippen LogP contribution in [0.2, 0.25) is 0 Å². The van der Waals surface area contributed by atoms with Gasteiger partial charge in [0.1, 0.15) is 5.83 Å². The van der Waals surface area contributed by atoms with E-state index in [2.05, 4.69) is 0 Å². The van der Waals surface area contributed by atoms with Crippen LogP contribution in [-0.4, -0.2) is 5.78 Å². The SMILES string of the molecule is CCC1=CCCC(F)=C1C(C)=O.Cl. The minimum atomic E-state index is -0.234. The molecule has 0 aromatic carbocycles. The largest absolute Gasteiger partial charge is 0.294 e. The van der Waals surface area contributed by atoms with Crippen molar-refractivity contribution in [2.45, 2.75) is 33.1 Å². The van der Waals surface area contributed by atoms with Gasteiger partial charge in [-0.2, -0.15) is 0 Å². The van der Waals surface area contributed by atoms with Crippen LogP contribution in [0.3, 0.4) is 0 Å². The van der Waals surface area contributed by atoms with Gasteiger partial charge in [0.05, 0.1) is 5.57 Å². The van der Waals surface area contributed by atoms with Crippen molar-refractivity contribution in [3.05, 3.63) is 23.0 Å². The standard InChI is InChI=1S/C10H13FO.ClH/c1-3-8-5-4-6-9(11)10(8)7(2)12;/h5H,3-4,6H2,1-2H3;1H. The molecule has 74 valence electrons. The van der Waals surface area contributed by atoms with Gasteiger partial charge in [0.25, 0.3) is 0 Å². The highest BCUT2D eigenvalue weighted by atomic mass is 35.5. The lowest BCUT2D eigenvalue weighted by Crippen LogP contribution is -2.06. The van der Waals surface area contributed by atoms with Gasteiger partial charge in [-0.25, -0.2) is 4.39 Å². The Bertz CT molecular complexity index is 266. The smallest absolute Gasteiger partial charge is 0.162 e. The van der Waals surface area contributed by atoms with Crippen molar-refractivity contribution in [3.63, 3.8) is 0 Å². The fourth-order valence-corrected chi connectivity index (χ4v) is 1.51. The van der Waals surface area contributed by atoms with Crippen molar-refractivity contribution in [2.75, 3.05) is 0 Å². The van der Waals surface area contributed by atoms with Gasteiger partial charge < -0.3 is 0 Å². The zero-order valence-electron chi connectivity index (χ0n) is 7.89. The molecule has 0 saturated heterocycles. The lowest BCUT2D eigenvalue weighted by atomic mass is 9.92. The monoisotopic (exact) mass is 204 g/mol. The minimum absolute atomic E-state index is 0. The molecule has 0 fully saturated rings. The van der Waals surface area contributed by atoms with E-state index < -0.39 is 0 Å². The summed E-state index contributed by atoms with van der Waals surface area (Å²) >= 11 is 0. The highest BCUT2D eigenvalue weighted by molar-refractivity contribution is 5.98. The van der Waals surface area contributed by atoms with Gasteiger partial charge >= 0.3 is 0 Å². The second-order valence-corrected chi connectivity index (χ2v) is 2.96. The summed E-state index contributed by atoms with van der Waals surface area (Å²) in [4.78, 5) is 11.0. The maximum absolute atomic E-state index is 13.2. The van der Waals surface area contributed by atoms with Crippen LogP contribution in [0.4, 0.5) is 4.39 Å². The Morgan fingerprint density at radius 3 is 2.62 bits per heavy atom. The molecule has 0 saturated carbocycles. The molecular weight excluding hydrogens is 191 g/mol. The second-order valence-electron chi connectivity index (χ2n) is 2.96. The van der Waals surface area contributed by atoms with Gasteiger partial charge in [0.15, 0.2) is 5.78 Å². The summed E-state index contributed by atoms with van der Waals surface area (Å²) in [5, 5.41) is 0. The Morgan fingerprint density at radius 1 is 1.62 bits per heavy atom. The minimum Gasteiger partial charge on any atom is -0.294 e. The molecule has 3 heteroatoms. The van der Waals surface area contributed by atoms with E-state index in [1.54, 1.807) is 0 Å². The molecule has 0 unspecified atom stereocenters. The van der Waals surface area contributed by atoms with Crippen molar-refractivity contribution in [3.8, 4) is 0 Å². The second kappa shape index (κ2) is 5.18. The van der Waals surface area contributed by atoms with Crippen LogP contribution in [0, 0.1) is 0 Å². The van der Waals surface area contributed by atoms with Crippen molar-refractivity contribution in [1.29, 1.82) is 0 Å². The first-order valence-electron chi connectivity index (χ1n) is 4.25. The van der Waals surface area contributed by atoms with Gasteiger partial charge in [-0.05, 0) is 25.3 Å². The Balaban J connectivity index is 0.00000144. The maximum atomic E-state index is 13.2. The molecule has 0 amide bonds. The Morgan fingerprint density at radius 2 is 2.23 bits per heavy atom. The number of hydrogen-bond acceptors (Lipinski definition) is 1. The fourth-order valence-electron chi connectivity index (χ4n) is 1.51. The summed E-state index contributed by atoms with van der Waals surface area (Å²) in [5.41, 5.74) is 1.19. The number of rotatable bonds is 2. The first-order valence-corrected chi connectivity index (χ1v) is 4.25. The first kappa shape index (κ1) is 12.4. The summed E-state index contributed by atoms with van der Waals surface area (Å²) in [7, 11) is 0. The quantitative estimate of drug-likeness (QED) is 0.674. The van der Waals surface area contributed by atoms with Crippen LogP contribution < -0.4 is 0 Å². The highest BCUT2D eigenvalue weighted by Gasteiger charge is 2.18. The van der Waals surface area contributed by atoms with Crippen molar-refractivity contribution in [1.82, 2.24) is 0 Å². The van der Waals surface area contributed by atoms with Crippen LogP contribution in [0.1, 0.15) is 33.1 Å². The number of carbonyl (C=O) groups excluding carboxylic acids is 1. The first-order chi connectivity index (χ1) is 5.66. The van der Waals surface area contributed by atoms with E-state index in [-0.39, 0.29) is 24.0 Å². The highest BCUT2D eigenvalue weighted by Crippen LogP contribution is 2.28. The fraction of sp³-hybridized carbons (Fsp3) is 0.500. The summed E-state index contributed by atoms with van der Waals surface area (Å²) in [5.74, 6) is -0.387. The van der Waals surface area contributed by atoms with E-state index in [1.165, 1.54) is 6.92 Å². The molecule has 0 aromatic rings. The van der Waals surface area contributed by atoms with Gasteiger partial charge in [0.2, 0.25) is 0 Å². The summed E-state index contributed by atoms with van der Waals surface area (Å²) in [6.07, 6.45) is 3.81. The Labute approximate surface area is 84.1 Å². The summed E-state index contributed by atoms with van der Waals surface area (Å²) in [6, 6.07) is 0. The average molecular weight is 205 g/mol. The number of halogens is 2. The third-order valence-corrected chi connectivity index (χ3v) is 2.08. The average Bonchev–Trinajstić information content (AvgIpc) is 2.03. The van der Waals surface area contributed by atoms with Gasteiger partial charge in [-0.3, -0.25) is 4.79 Å². The zero-order chi connectivity index (χ0) is 9.14. The molecule has 0 atom stereocenters. The van der Waals surface area contributed by atoms with Crippen molar-refractivity contribution >= 4 is 18.2 Å². The molecule has 0 N–H and O–H groups in total. The molecule has 1 nitrogen and oxygen atoms in total. The van der Waals surface area contributed by atoms with Crippen LogP contribution in [0.25, 0.3) is 0 Å². The lowest BCUT2D eigenvalue weighted by Gasteiger charge is -2.13. The van der Waals surface area contributed by atoms with Crippen LogP contribution >= 0.6 is 12.4 Å². The van der Waals surface area contributed by atoms with Crippen LogP contribution in [0.15, 0.2) is 23.0 Å². The normalized spacial score (nSPS) is 16.4. The van der Waals surface area contributed by atoms with Crippen LogP contribution in [0.5, 0.6) is 0 Å². The molecule has 1 aliphatic rings. The topological polar surface area (TPSA) is 17.1 Å². The zero-order valence-corrected chi connectivity index (χ0v) is 8.71. The molecule has 13 heavy (non-hydrogen) atoms. The molecule has 0 radical (unpaired) electrons. The number of carbonyl (C=O) groups is 1. The molecular formula is C10H14ClFO. The summed E-state index contributed by atoms with van der Waals surface area (Å²) < 4.78 is 13.2. The Hall–Kier alpha value is -0.630. The summed E-state index contributed by atoms with van der Waals surface area (Å²) in [6.45, 7) is 3.36. The van der Waals surface area contributed by atoms with E-state index in [0.717, 1.165) is 18.4 Å². The van der Waals surface area contributed by atoms with Gasteiger partial charge in [0, 0.05) is 6.42 Å². The van der Waals surface area contributed by atoms with Crippen molar-refractivity contribution in [2.24, 2.45) is 0 Å². The predicted molar refractivity (Wildman–Crippen MR) is 53.7 cm³/mol. The number of Topliss-reactive ketones (excluding diaryl/α,β-unsaturated/α-hetero) is 1. The van der Waals surface area contributed by atoms with E-state index in [9.17, 15) is 9.18 Å². The van der Waals surface area contributed by atoms with E-state index in [0.29, 0.717) is 12.0 Å². The molecule has 1 rings (SSSR count). The van der Waals surface area contributed by atoms with Crippen molar-refractivity contribution < 1.29 is 9.18 Å². The molecule has 0 spiro atoms.